The standard InChI is InChI=1S/C22H23N/c1-4-8-18-13-14-19(15-17(18)5-2)20-10-7-11-21(20)22-12-6-9-16(3)23-22/h5-7,9-10,12-15H,2,4,8,11H2,1,3H3. The Hall–Kier alpha value is -2.41. The van der Waals surface area contributed by atoms with Gasteiger partial charge in [-0.2, -0.15) is 0 Å². The van der Waals surface area contributed by atoms with Crippen molar-refractivity contribution in [3.05, 3.63) is 83.2 Å². The topological polar surface area (TPSA) is 12.9 Å². The van der Waals surface area contributed by atoms with E-state index in [1.165, 1.54) is 27.8 Å². The lowest BCUT2D eigenvalue weighted by molar-refractivity contribution is 0.919. The summed E-state index contributed by atoms with van der Waals surface area (Å²) in [5.41, 5.74) is 8.62. The number of hydrogen-bond donors (Lipinski definition) is 0. The molecule has 0 radical (unpaired) electrons. The van der Waals surface area contributed by atoms with Gasteiger partial charge in [0, 0.05) is 5.69 Å². The van der Waals surface area contributed by atoms with E-state index in [-0.39, 0.29) is 0 Å². The van der Waals surface area contributed by atoms with E-state index >= 15 is 0 Å². The molecule has 3 rings (SSSR count). The molecule has 23 heavy (non-hydrogen) atoms. The Morgan fingerprint density at radius 1 is 1.22 bits per heavy atom. The average molecular weight is 301 g/mol. The second-order valence-corrected chi connectivity index (χ2v) is 6.03. The summed E-state index contributed by atoms with van der Waals surface area (Å²) in [6.07, 6.45) is 9.62. The van der Waals surface area contributed by atoms with Gasteiger partial charge in [0.2, 0.25) is 0 Å². The first-order valence-electron chi connectivity index (χ1n) is 8.32. The summed E-state index contributed by atoms with van der Waals surface area (Å²) in [4.78, 5) is 4.70. The van der Waals surface area contributed by atoms with Crippen LogP contribution in [0.3, 0.4) is 0 Å². The molecule has 1 heterocycles. The van der Waals surface area contributed by atoms with E-state index in [9.17, 15) is 0 Å². The van der Waals surface area contributed by atoms with Gasteiger partial charge in [0.05, 0.1) is 5.69 Å². The molecule has 0 saturated heterocycles. The van der Waals surface area contributed by atoms with Crippen molar-refractivity contribution in [2.75, 3.05) is 0 Å². The number of nitrogens with zero attached hydrogens (tertiary/aromatic N) is 1. The highest BCUT2D eigenvalue weighted by atomic mass is 14.7. The molecule has 2 aromatic rings. The zero-order valence-electron chi connectivity index (χ0n) is 14.0. The maximum atomic E-state index is 4.70. The van der Waals surface area contributed by atoms with Crippen molar-refractivity contribution >= 4 is 17.2 Å². The van der Waals surface area contributed by atoms with Crippen LogP contribution in [0.1, 0.15) is 47.8 Å². The average Bonchev–Trinajstić information content (AvgIpc) is 3.05. The van der Waals surface area contributed by atoms with Gasteiger partial charge in [-0.05, 0) is 65.8 Å². The number of pyridine rings is 1. The maximum absolute atomic E-state index is 4.70. The van der Waals surface area contributed by atoms with Gasteiger partial charge in [-0.25, -0.2) is 0 Å². The van der Waals surface area contributed by atoms with E-state index in [1.807, 2.05) is 19.1 Å². The van der Waals surface area contributed by atoms with Gasteiger partial charge in [-0.3, -0.25) is 4.98 Å². The Morgan fingerprint density at radius 2 is 2.09 bits per heavy atom. The van der Waals surface area contributed by atoms with Crippen LogP contribution in [0.2, 0.25) is 0 Å². The summed E-state index contributed by atoms with van der Waals surface area (Å²) in [5, 5.41) is 0. The van der Waals surface area contributed by atoms with Crippen molar-refractivity contribution in [2.24, 2.45) is 0 Å². The van der Waals surface area contributed by atoms with Gasteiger partial charge < -0.3 is 0 Å². The summed E-state index contributed by atoms with van der Waals surface area (Å²) in [6, 6.07) is 13.0. The highest BCUT2D eigenvalue weighted by Gasteiger charge is 2.15. The third kappa shape index (κ3) is 3.19. The lowest BCUT2D eigenvalue weighted by Gasteiger charge is -2.11. The van der Waals surface area contributed by atoms with Crippen LogP contribution in [0.15, 0.2) is 55.1 Å². The fourth-order valence-electron chi connectivity index (χ4n) is 3.18. The number of rotatable bonds is 5. The van der Waals surface area contributed by atoms with Crippen molar-refractivity contribution in [3.8, 4) is 0 Å². The molecule has 0 amide bonds. The Labute approximate surface area is 139 Å². The summed E-state index contributed by atoms with van der Waals surface area (Å²) >= 11 is 0. The SMILES string of the molecule is C=Cc1cc(C2=C(c3cccc(C)n3)CC=C2)ccc1CCC. The van der Waals surface area contributed by atoms with Gasteiger partial charge in [-0.1, -0.05) is 56.4 Å². The molecule has 1 aliphatic carbocycles. The molecule has 116 valence electrons. The Bertz CT molecular complexity index is 793. The Balaban J connectivity index is 2.07. The van der Waals surface area contributed by atoms with Crippen molar-refractivity contribution in [1.29, 1.82) is 0 Å². The molecular weight excluding hydrogens is 278 g/mol. The van der Waals surface area contributed by atoms with Crippen molar-refractivity contribution in [1.82, 2.24) is 4.98 Å². The molecule has 1 aromatic carbocycles. The van der Waals surface area contributed by atoms with E-state index < -0.39 is 0 Å². The molecule has 0 saturated carbocycles. The molecule has 0 N–H and O–H groups in total. The summed E-state index contributed by atoms with van der Waals surface area (Å²) in [5.74, 6) is 0. The lowest BCUT2D eigenvalue weighted by Crippen LogP contribution is -1.94. The van der Waals surface area contributed by atoms with Crippen LogP contribution in [-0.2, 0) is 6.42 Å². The largest absolute Gasteiger partial charge is 0.253 e. The predicted octanol–water partition coefficient (Wildman–Crippen LogP) is 5.86. The molecule has 1 aliphatic rings. The molecule has 0 spiro atoms. The predicted molar refractivity (Wildman–Crippen MR) is 100 cm³/mol. The van der Waals surface area contributed by atoms with E-state index in [0.717, 1.165) is 30.7 Å². The lowest BCUT2D eigenvalue weighted by atomic mass is 9.94. The quantitative estimate of drug-likeness (QED) is 0.674. The van der Waals surface area contributed by atoms with Gasteiger partial charge in [0.25, 0.3) is 0 Å². The second-order valence-electron chi connectivity index (χ2n) is 6.03. The molecule has 1 aromatic heterocycles. The first-order chi connectivity index (χ1) is 11.2. The minimum atomic E-state index is 0.950. The molecule has 0 bridgehead atoms. The minimum Gasteiger partial charge on any atom is -0.253 e. The fourth-order valence-corrected chi connectivity index (χ4v) is 3.18. The number of benzene rings is 1. The van der Waals surface area contributed by atoms with Gasteiger partial charge >= 0.3 is 0 Å². The third-order valence-corrected chi connectivity index (χ3v) is 4.33. The Kier molecular flexibility index (Phi) is 4.57. The van der Waals surface area contributed by atoms with Crippen molar-refractivity contribution in [2.45, 2.75) is 33.1 Å². The highest BCUT2D eigenvalue weighted by molar-refractivity contribution is 5.98. The molecular formula is C22H23N. The number of hydrogen-bond acceptors (Lipinski definition) is 1. The monoisotopic (exact) mass is 301 g/mol. The second kappa shape index (κ2) is 6.78. The molecule has 0 unspecified atom stereocenters. The van der Waals surface area contributed by atoms with E-state index in [2.05, 4.69) is 56.0 Å². The third-order valence-electron chi connectivity index (χ3n) is 4.33. The maximum Gasteiger partial charge on any atom is 0.0674 e. The normalized spacial score (nSPS) is 13.7. The number of allylic oxidation sites excluding steroid dienone is 4. The molecule has 1 heteroatoms. The van der Waals surface area contributed by atoms with Crippen LogP contribution in [0.25, 0.3) is 17.2 Å². The van der Waals surface area contributed by atoms with E-state index in [4.69, 9.17) is 4.98 Å². The Morgan fingerprint density at radius 3 is 2.83 bits per heavy atom. The van der Waals surface area contributed by atoms with Crippen molar-refractivity contribution < 1.29 is 0 Å². The van der Waals surface area contributed by atoms with Gasteiger partial charge in [0.15, 0.2) is 0 Å². The number of aromatic nitrogens is 1. The first-order valence-corrected chi connectivity index (χ1v) is 8.32. The smallest absolute Gasteiger partial charge is 0.0674 e. The summed E-state index contributed by atoms with van der Waals surface area (Å²) in [7, 11) is 0. The molecule has 0 fully saturated rings. The van der Waals surface area contributed by atoms with Crippen LogP contribution in [0.4, 0.5) is 0 Å². The zero-order valence-corrected chi connectivity index (χ0v) is 14.0. The molecule has 0 atom stereocenters. The van der Waals surface area contributed by atoms with E-state index in [0.29, 0.717) is 0 Å². The summed E-state index contributed by atoms with van der Waals surface area (Å²) < 4.78 is 0. The first kappa shape index (κ1) is 15.5. The van der Waals surface area contributed by atoms with Crippen LogP contribution >= 0.6 is 0 Å². The van der Waals surface area contributed by atoms with Gasteiger partial charge in [0.1, 0.15) is 0 Å². The zero-order chi connectivity index (χ0) is 16.2. The van der Waals surface area contributed by atoms with E-state index in [1.54, 1.807) is 0 Å². The van der Waals surface area contributed by atoms with Crippen molar-refractivity contribution in [3.63, 3.8) is 0 Å². The van der Waals surface area contributed by atoms with Crippen LogP contribution in [-0.4, -0.2) is 4.98 Å². The van der Waals surface area contributed by atoms with Crippen LogP contribution in [0.5, 0.6) is 0 Å². The fraction of sp³-hybridized carbons (Fsp3) is 0.227. The molecule has 0 aliphatic heterocycles. The summed E-state index contributed by atoms with van der Waals surface area (Å²) in [6.45, 7) is 8.24. The minimum absolute atomic E-state index is 0.950. The highest BCUT2D eigenvalue weighted by Crippen LogP contribution is 2.35. The molecule has 1 nitrogen and oxygen atoms in total. The van der Waals surface area contributed by atoms with Crippen LogP contribution in [0, 0.1) is 6.92 Å². The van der Waals surface area contributed by atoms with Crippen LogP contribution < -0.4 is 0 Å². The number of aryl methyl sites for hydroxylation is 2. The van der Waals surface area contributed by atoms with Gasteiger partial charge in [-0.15, -0.1) is 0 Å².